The minimum atomic E-state index is -0.656. The fraction of sp³-hybridized carbons (Fsp3) is 0.924. The topological polar surface area (TPSA) is 69.6 Å². The number of carbonyl (C=O) groups is 1. The number of unbranched alkanes of at least 4 members (excludes halogenated alkanes) is 50. The Bertz CT molecular complexity index is 1020. The van der Waals surface area contributed by atoms with E-state index in [1.54, 1.807) is 0 Å². The van der Waals surface area contributed by atoms with Crippen LogP contribution in [0.2, 0.25) is 0 Å². The number of hydrogen-bond acceptors (Lipinski definition) is 3. The number of aliphatic hydroxyl groups is 2. The molecule has 0 aromatic heterocycles. The van der Waals surface area contributed by atoms with Crippen molar-refractivity contribution in [3.05, 3.63) is 24.3 Å². The Hall–Kier alpha value is -1.13. The van der Waals surface area contributed by atoms with Gasteiger partial charge in [-0.3, -0.25) is 4.79 Å². The van der Waals surface area contributed by atoms with Gasteiger partial charge in [-0.25, -0.2) is 0 Å². The maximum Gasteiger partial charge on any atom is 0.220 e. The normalized spacial score (nSPS) is 12.8. The maximum atomic E-state index is 12.5. The van der Waals surface area contributed by atoms with Crippen molar-refractivity contribution >= 4 is 5.91 Å². The van der Waals surface area contributed by atoms with Crippen LogP contribution in [0.5, 0.6) is 0 Å². The quantitative estimate of drug-likeness (QED) is 0.0420. The van der Waals surface area contributed by atoms with Gasteiger partial charge < -0.3 is 15.5 Å². The molecule has 2 unspecified atom stereocenters. The first-order chi connectivity index (χ1) is 34.7. The fourth-order valence-corrected chi connectivity index (χ4v) is 10.5. The zero-order chi connectivity index (χ0) is 50.6. The summed E-state index contributed by atoms with van der Waals surface area (Å²) in [5, 5.41) is 23.4. The molecule has 70 heavy (non-hydrogen) atoms. The van der Waals surface area contributed by atoms with Crippen molar-refractivity contribution < 1.29 is 15.0 Å². The molecule has 2 atom stereocenters. The number of allylic oxidation sites excluding steroid dienone is 4. The Morgan fingerprint density at radius 3 is 0.857 bits per heavy atom. The molecule has 0 rings (SSSR count). The standard InChI is InChI=1S/C66H129NO3/c1-3-5-7-9-11-13-15-17-19-21-22-23-24-25-26-27-28-29-30-31-32-33-34-35-36-37-38-39-40-41-42-43-44-46-48-50-52-54-56-58-60-62-66(70)67-64(63-68)65(69)61-59-57-55-53-51-49-47-45-20-18-16-14-12-10-8-6-4-2/h15,17,21-22,64-65,68-69H,3-14,16,18-20,23-63H2,1-2H3,(H,67,70)/b17-15-,22-21-. The first kappa shape index (κ1) is 68.9. The molecule has 0 fully saturated rings. The second-order valence-corrected chi connectivity index (χ2v) is 22.5. The van der Waals surface area contributed by atoms with Gasteiger partial charge in [0.05, 0.1) is 18.8 Å². The molecule has 0 spiro atoms. The number of rotatable bonds is 61. The van der Waals surface area contributed by atoms with Crippen LogP contribution in [0.25, 0.3) is 0 Å². The molecule has 0 aliphatic rings. The maximum absolute atomic E-state index is 12.5. The van der Waals surface area contributed by atoms with Gasteiger partial charge >= 0.3 is 0 Å². The van der Waals surface area contributed by atoms with E-state index in [2.05, 4.69) is 43.5 Å². The smallest absolute Gasteiger partial charge is 0.220 e. The lowest BCUT2D eigenvalue weighted by molar-refractivity contribution is -0.123. The number of amides is 1. The number of hydrogen-bond donors (Lipinski definition) is 3. The monoisotopic (exact) mass is 984 g/mol. The molecule has 0 heterocycles. The molecule has 0 saturated heterocycles. The molecule has 0 saturated carbocycles. The summed E-state index contributed by atoms with van der Waals surface area (Å²) in [6.07, 6.45) is 83.6. The van der Waals surface area contributed by atoms with E-state index in [1.165, 1.54) is 315 Å². The fourth-order valence-electron chi connectivity index (χ4n) is 10.5. The second kappa shape index (κ2) is 62.2. The third-order valence-corrected chi connectivity index (χ3v) is 15.5. The van der Waals surface area contributed by atoms with Gasteiger partial charge in [-0.1, -0.05) is 346 Å². The lowest BCUT2D eigenvalue weighted by Crippen LogP contribution is -2.45. The first-order valence-corrected chi connectivity index (χ1v) is 32.5. The highest BCUT2D eigenvalue weighted by Crippen LogP contribution is 2.19. The third kappa shape index (κ3) is 57.8. The van der Waals surface area contributed by atoms with Crippen LogP contribution in [-0.4, -0.2) is 34.9 Å². The van der Waals surface area contributed by atoms with Crippen LogP contribution in [-0.2, 0) is 4.79 Å². The summed E-state index contributed by atoms with van der Waals surface area (Å²) in [4.78, 5) is 12.5. The Morgan fingerprint density at radius 2 is 0.586 bits per heavy atom. The van der Waals surface area contributed by atoms with E-state index in [4.69, 9.17) is 0 Å². The van der Waals surface area contributed by atoms with Crippen molar-refractivity contribution in [2.45, 2.75) is 386 Å². The van der Waals surface area contributed by atoms with Crippen molar-refractivity contribution in [3.63, 3.8) is 0 Å². The van der Waals surface area contributed by atoms with Crippen molar-refractivity contribution in [2.75, 3.05) is 6.61 Å². The lowest BCUT2D eigenvalue weighted by Gasteiger charge is -2.22. The van der Waals surface area contributed by atoms with Crippen LogP contribution < -0.4 is 5.32 Å². The van der Waals surface area contributed by atoms with Gasteiger partial charge in [0.1, 0.15) is 0 Å². The molecule has 0 bridgehead atoms. The zero-order valence-corrected chi connectivity index (χ0v) is 48.1. The molecule has 4 nitrogen and oxygen atoms in total. The van der Waals surface area contributed by atoms with E-state index in [-0.39, 0.29) is 12.5 Å². The summed E-state index contributed by atoms with van der Waals surface area (Å²) in [5.41, 5.74) is 0. The number of carbonyl (C=O) groups excluding carboxylic acids is 1. The van der Waals surface area contributed by atoms with Crippen LogP contribution >= 0.6 is 0 Å². The molecular weight excluding hydrogens is 855 g/mol. The summed E-state index contributed by atoms with van der Waals surface area (Å²) in [5.74, 6) is -0.0227. The summed E-state index contributed by atoms with van der Waals surface area (Å²) < 4.78 is 0. The molecule has 416 valence electrons. The molecule has 3 N–H and O–H groups in total. The minimum Gasteiger partial charge on any atom is -0.394 e. The van der Waals surface area contributed by atoms with E-state index in [1.807, 2.05) is 0 Å². The van der Waals surface area contributed by atoms with E-state index >= 15 is 0 Å². The Labute approximate surface area is 440 Å². The predicted octanol–water partition coefficient (Wildman–Crippen LogP) is 21.8. The second-order valence-electron chi connectivity index (χ2n) is 22.5. The van der Waals surface area contributed by atoms with Gasteiger partial charge in [-0.05, 0) is 44.9 Å². The van der Waals surface area contributed by atoms with Crippen LogP contribution in [0.4, 0.5) is 0 Å². The van der Waals surface area contributed by atoms with Crippen LogP contribution in [0.3, 0.4) is 0 Å². The van der Waals surface area contributed by atoms with Gasteiger partial charge in [0.2, 0.25) is 5.91 Å². The van der Waals surface area contributed by atoms with Crippen molar-refractivity contribution in [1.82, 2.24) is 5.32 Å². The van der Waals surface area contributed by atoms with E-state index in [0.29, 0.717) is 12.8 Å². The van der Waals surface area contributed by atoms with E-state index in [0.717, 1.165) is 32.1 Å². The van der Waals surface area contributed by atoms with Crippen LogP contribution in [0, 0.1) is 0 Å². The van der Waals surface area contributed by atoms with Crippen molar-refractivity contribution in [3.8, 4) is 0 Å². The highest BCUT2D eigenvalue weighted by molar-refractivity contribution is 5.76. The van der Waals surface area contributed by atoms with Gasteiger partial charge in [0, 0.05) is 6.42 Å². The van der Waals surface area contributed by atoms with E-state index < -0.39 is 12.1 Å². The Kier molecular flexibility index (Phi) is 61.2. The average Bonchev–Trinajstić information content (AvgIpc) is 3.36. The highest BCUT2D eigenvalue weighted by atomic mass is 16.3. The molecule has 0 aromatic rings. The molecule has 0 aliphatic carbocycles. The average molecular weight is 985 g/mol. The number of aliphatic hydroxyl groups excluding tert-OH is 2. The molecule has 1 amide bonds. The molecule has 0 aliphatic heterocycles. The highest BCUT2D eigenvalue weighted by Gasteiger charge is 2.20. The summed E-state index contributed by atoms with van der Waals surface area (Å²) in [7, 11) is 0. The van der Waals surface area contributed by atoms with Crippen molar-refractivity contribution in [2.24, 2.45) is 0 Å². The van der Waals surface area contributed by atoms with Crippen molar-refractivity contribution in [1.29, 1.82) is 0 Å². The van der Waals surface area contributed by atoms with Crippen LogP contribution in [0.15, 0.2) is 24.3 Å². The largest absolute Gasteiger partial charge is 0.394 e. The van der Waals surface area contributed by atoms with Gasteiger partial charge in [-0.2, -0.15) is 0 Å². The molecule has 0 aromatic carbocycles. The van der Waals surface area contributed by atoms with Gasteiger partial charge in [0.25, 0.3) is 0 Å². The van der Waals surface area contributed by atoms with Gasteiger partial charge in [0.15, 0.2) is 0 Å². The summed E-state index contributed by atoms with van der Waals surface area (Å²) in [6, 6.07) is -0.533. The minimum absolute atomic E-state index is 0.0227. The number of nitrogens with one attached hydrogen (secondary N) is 1. The Balaban J connectivity index is 3.34. The lowest BCUT2D eigenvalue weighted by atomic mass is 10.0. The van der Waals surface area contributed by atoms with E-state index in [9.17, 15) is 15.0 Å². The predicted molar refractivity (Wildman–Crippen MR) is 313 cm³/mol. The molecule has 0 radical (unpaired) electrons. The third-order valence-electron chi connectivity index (χ3n) is 15.5. The molecule has 4 heteroatoms. The summed E-state index contributed by atoms with van der Waals surface area (Å²) >= 11 is 0. The zero-order valence-electron chi connectivity index (χ0n) is 48.1. The molecular formula is C66H129NO3. The Morgan fingerprint density at radius 1 is 0.343 bits per heavy atom. The first-order valence-electron chi connectivity index (χ1n) is 32.5. The SMILES string of the molecule is CCCCCCC/C=C\C/C=C\CCCCCCCCCCCCCCCCCCCCCCCCCCCCCCCC(=O)NC(CO)C(O)CCCCCCCCCCCCCCCCCCC. The summed E-state index contributed by atoms with van der Waals surface area (Å²) in [6.45, 7) is 4.39. The van der Waals surface area contributed by atoms with Gasteiger partial charge in [-0.15, -0.1) is 0 Å². The van der Waals surface area contributed by atoms with Crippen LogP contribution in [0.1, 0.15) is 373 Å².